The Morgan fingerprint density at radius 1 is 1.83 bits per heavy atom. The summed E-state index contributed by atoms with van der Waals surface area (Å²) in [7, 11) is 0. The van der Waals surface area contributed by atoms with Gasteiger partial charge in [-0.15, -0.1) is 11.3 Å². The van der Waals surface area contributed by atoms with E-state index in [1.807, 2.05) is 13.8 Å². The first kappa shape index (κ1) is 9.17. The number of hydrogen-bond donors (Lipinski definition) is 0. The van der Waals surface area contributed by atoms with Gasteiger partial charge in [-0.1, -0.05) is 0 Å². The first-order valence-electron chi connectivity index (χ1n) is 3.71. The van der Waals surface area contributed by atoms with Crippen LogP contribution in [0.4, 0.5) is 0 Å². The Morgan fingerprint density at radius 2 is 2.58 bits per heavy atom. The van der Waals surface area contributed by atoms with Gasteiger partial charge in [0.05, 0.1) is 0 Å². The number of nitriles is 1. The lowest BCUT2D eigenvalue weighted by Crippen LogP contribution is -2.00. The zero-order chi connectivity index (χ0) is 8.97. The largest absolute Gasteiger partial charge is 0.356 e. The number of rotatable bonds is 3. The van der Waals surface area contributed by atoms with Gasteiger partial charge in [0, 0.05) is 17.7 Å². The Morgan fingerprint density at radius 3 is 3.00 bits per heavy atom. The van der Waals surface area contributed by atoms with Crippen LogP contribution in [0.3, 0.4) is 0 Å². The molecule has 12 heavy (non-hydrogen) atoms. The Kier molecular flexibility index (Phi) is 3.20. The van der Waals surface area contributed by atoms with Crippen LogP contribution in [0.15, 0.2) is 6.20 Å². The van der Waals surface area contributed by atoms with Crippen LogP contribution in [0.2, 0.25) is 0 Å². The van der Waals surface area contributed by atoms with Gasteiger partial charge in [0.2, 0.25) is 0 Å². The van der Waals surface area contributed by atoms with Crippen LogP contribution in [-0.4, -0.2) is 11.6 Å². The van der Waals surface area contributed by atoms with Crippen molar-refractivity contribution in [3.8, 4) is 6.07 Å². The fourth-order valence-corrected chi connectivity index (χ4v) is 1.59. The Hall–Kier alpha value is -0.920. The molecule has 1 heterocycles. The summed E-state index contributed by atoms with van der Waals surface area (Å²) in [5, 5.41) is 9.46. The van der Waals surface area contributed by atoms with E-state index >= 15 is 0 Å². The highest BCUT2D eigenvalue weighted by Gasteiger charge is 2.13. The molecule has 0 amide bonds. The van der Waals surface area contributed by atoms with Crippen LogP contribution in [0, 0.1) is 18.3 Å². The summed E-state index contributed by atoms with van der Waals surface area (Å²) in [6.07, 6.45) is 1.26. The van der Waals surface area contributed by atoms with Gasteiger partial charge in [-0.05, 0) is 13.8 Å². The van der Waals surface area contributed by atoms with E-state index in [-0.39, 0.29) is 0 Å². The predicted molar refractivity (Wildman–Crippen MR) is 46.8 cm³/mol. The summed E-state index contributed by atoms with van der Waals surface area (Å²) in [5.41, 5.74) is 0. The van der Waals surface area contributed by atoms with E-state index in [0.29, 0.717) is 6.61 Å². The van der Waals surface area contributed by atoms with E-state index in [1.165, 1.54) is 11.3 Å². The molecule has 0 fully saturated rings. The minimum absolute atomic E-state index is 0.492. The van der Waals surface area contributed by atoms with Crippen molar-refractivity contribution in [1.82, 2.24) is 4.98 Å². The molecule has 4 heteroatoms. The molecule has 0 aliphatic heterocycles. The molecule has 0 aromatic carbocycles. The van der Waals surface area contributed by atoms with Crippen molar-refractivity contribution < 1.29 is 4.74 Å². The third-order valence-electron chi connectivity index (χ3n) is 1.31. The van der Waals surface area contributed by atoms with Crippen LogP contribution < -0.4 is 0 Å². The maximum Gasteiger partial charge on any atom is 0.195 e. The molecule has 0 bridgehead atoms. The highest BCUT2D eigenvalue weighted by molar-refractivity contribution is 7.11. The molecule has 0 aliphatic carbocycles. The molecule has 0 N–H and O–H groups in total. The number of thiazole rings is 1. The lowest BCUT2D eigenvalue weighted by Gasteiger charge is -2.03. The molecular weight excluding hydrogens is 172 g/mol. The monoisotopic (exact) mass is 182 g/mol. The van der Waals surface area contributed by atoms with Gasteiger partial charge < -0.3 is 4.74 Å². The summed E-state index contributed by atoms with van der Waals surface area (Å²) < 4.78 is 5.18. The second-order valence-corrected chi connectivity index (χ2v) is 3.54. The van der Waals surface area contributed by atoms with Crippen molar-refractivity contribution >= 4 is 11.3 Å². The van der Waals surface area contributed by atoms with Crippen molar-refractivity contribution in [2.45, 2.75) is 20.0 Å². The van der Waals surface area contributed by atoms with Crippen LogP contribution >= 0.6 is 11.3 Å². The van der Waals surface area contributed by atoms with Crippen molar-refractivity contribution in [3.05, 3.63) is 16.1 Å². The summed E-state index contributed by atoms with van der Waals surface area (Å²) in [4.78, 5) is 5.18. The molecule has 1 aromatic rings. The van der Waals surface area contributed by atoms with E-state index < -0.39 is 6.10 Å². The zero-order valence-corrected chi connectivity index (χ0v) is 7.89. The highest BCUT2D eigenvalue weighted by Crippen LogP contribution is 2.21. The van der Waals surface area contributed by atoms with E-state index in [4.69, 9.17) is 10.00 Å². The van der Waals surface area contributed by atoms with Crippen molar-refractivity contribution in [2.75, 3.05) is 6.61 Å². The maximum atomic E-state index is 8.71. The molecule has 0 saturated heterocycles. The van der Waals surface area contributed by atoms with Gasteiger partial charge in [-0.25, -0.2) is 4.98 Å². The highest BCUT2D eigenvalue weighted by atomic mass is 32.1. The first-order chi connectivity index (χ1) is 5.77. The summed E-state index contributed by atoms with van der Waals surface area (Å²) in [6.45, 7) is 4.36. The normalized spacial score (nSPS) is 12.4. The molecule has 1 rings (SSSR count). The van der Waals surface area contributed by atoms with Gasteiger partial charge in [-0.2, -0.15) is 5.26 Å². The quantitative estimate of drug-likeness (QED) is 0.718. The van der Waals surface area contributed by atoms with E-state index in [9.17, 15) is 0 Å². The zero-order valence-electron chi connectivity index (χ0n) is 7.07. The second kappa shape index (κ2) is 4.19. The molecule has 0 radical (unpaired) electrons. The number of aromatic nitrogens is 1. The van der Waals surface area contributed by atoms with Crippen LogP contribution in [0.5, 0.6) is 0 Å². The van der Waals surface area contributed by atoms with Crippen LogP contribution in [0.25, 0.3) is 0 Å². The fraction of sp³-hybridized carbons (Fsp3) is 0.500. The van der Waals surface area contributed by atoms with Gasteiger partial charge >= 0.3 is 0 Å². The summed E-state index contributed by atoms with van der Waals surface area (Å²) >= 11 is 1.50. The summed E-state index contributed by atoms with van der Waals surface area (Å²) in [5.74, 6) is 0. The van der Waals surface area contributed by atoms with Gasteiger partial charge in [0.15, 0.2) is 6.10 Å². The first-order valence-corrected chi connectivity index (χ1v) is 4.53. The molecule has 0 aliphatic rings. The topological polar surface area (TPSA) is 45.9 Å². The fourth-order valence-electron chi connectivity index (χ4n) is 0.824. The van der Waals surface area contributed by atoms with Gasteiger partial charge in [0.1, 0.15) is 11.1 Å². The molecule has 0 saturated carbocycles. The molecule has 0 spiro atoms. The average molecular weight is 182 g/mol. The second-order valence-electron chi connectivity index (χ2n) is 2.27. The average Bonchev–Trinajstić information content (AvgIpc) is 2.47. The third kappa shape index (κ3) is 2.03. The Balaban J connectivity index is 2.74. The van der Waals surface area contributed by atoms with E-state index in [0.717, 1.165) is 9.88 Å². The number of hydrogen-bond acceptors (Lipinski definition) is 4. The molecule has 1 atom stereocenters. The number of nitrogens with zero attached hydrogens (tertiary/aromatic N) is 2. The van der Waals surface area contributed by atoms with Gasteiger partial charge in [-0.3, -0.25) is 0 Å². The van der Waals surface area contributed by atoms with Crippen molar-refractivity contribution in [1.29, 1.82) is 5.26 Å². The van der Waals surface area contributed by atoms with Gasteiger partial charge in [0.25, 0.3) is 0 Å². The van der Waals surface area contributed by atoms with Crippen LogP contribution in [0.1, 0.15) is 22.9 Å². The SMILES string of the molecule is CCOC(C#N)c1ncc(C)s1. The van der Waals surface area contributed by atoms with E-state index in [2.05, 4.69) is 11.1 Å². The molecule has 1 unspecified atom stereocenters. The Bertz CT molecular complexity index is 289. The van der Waals surface area contributed by atoms with Crippen molar-refractivity contribution in [3.63, 3.8) is 0 Å². The predicted octanol–water partition coefficient (Wildman–Crippen LogP) is 2.05. The minimum Gasteiger partial charge on any atom is -0.356 e. The number of ether oxygens (including phenoxy) is 1. The lowest BCUT2D eigenvalue weighted by molar-refractivity contribution is 0.102. The molecule has 1 aromatic heterocycles. The minimum atomic E-state index is -0.492. The van der Waals surface area contributed by atoms with E-state index in [1.54, 1.807) is 6.20 Å². The molecule has 3 nitrogen and oxygen atoms in total. The van der Waals surface area contributed by atoms with Crippen LogP contribution in [-0.2, 0) is 4.74 Å². The lowest BCUT2D eigenvalue weighted by atomic mass is 10.4. The Labute approximate surface area is 75.6 Å². The summed E-state index contributed by atoms with van der Waals surface area (Å²) in [6, 6.07) is 2.06. The third-order valence-corrected chi connectivity index (χ3v) is 2.27. The maximum absolute atomic E-state index is 8.71. The van der Waals surface area contributed by atoms with Crippen molar-refractivity contribution in [2.24, 2.45) is 0 Å². The smallest absolute Gasteiger partial charge is 0.195 e. The number of aryl methyl sites for hydroxylation is 1. The standard InChI is InChI=1S/C8H10N2OS/c1-3-11-7(4-9)8-10-5-6(2)12-8/h5,7H,3H2,1-2H3. The molecule has 64 valence electrons. The molecular formula is C8H10N2OS.